The molecule has 1 atom stereocenters. The summed E-state index contributed by atoms with van der Waals surface area (Å²) in [5.41, 5.74) is 6.29. The van der Waals surface area contributed by atoms with Crippen molar-refractivity contribution in [2.75, 3.05) is 13.7 Å². The lowest BCUT2D eigenvalue weighted by Crippen LogP contribution is -2.43. The van der Waals surface area contributed by atoms with Crippen LogP contribution in [0.2, 0.25) is 0 Å². The molecule has 0 saturated carbocycles. The van der Waals surface area contributed by atoms with Gasteiger partial charge in [0.15, 0.2) is 5.76 Å². The Kier molecular flexibility index (Phi) is 4.26. The van der Waals surface area contributed by atoms with Crippen LogP contribution in [0.3, 0.4) is 0 Å². The van der Waals surface area contributed by atoms with Crippen molar-refractivity contribution in [2.45, 2.75) is 19.5 Å². The third-order valence-corrected chi connectivity index (χ3v) is 1.80. The van der Waals surface area contributed by atoms with E-state index in [4.69, 9.17) is 15.0 Å². The van der Waals surface area contributed by atoms with E-state index in [0.29, 0.717) is 5.76 Å². The van der Waals surface area contributed by atoms with E-state index in [9.17, 15) is 4.79 Å². The second-order valence-electron chi connectivity index (χ2n) is 3.21. The molecule has 3 N–H and O–H groups in total. The Labute approximate surface area is 87.8 Å². The van der Waals surface area contributed by atoms with E-state index in [1.54, 1.807) is 6.07 Å². The van der Waals surface area contributed by atoms with Gasteiger partial charge >= 0.3 is 0 Å². The molecule has 1 aromatic heterocycles. The fourth-order valence-corrected chi connectivity index (χ4v) is 1.06. The van der Waals surface area contributed by atoms with Crippen molar-refractivity contribution in [3.63, 3.8) is 0 Å². The molecule has 6 nitrogen and oxygen atoms in total. The Morgan fingerprint density at radius 1 is 1.80 bits per heavy atom. The number of carbonyl (C=O) groups excluding carboxylic acids is 1. The molecule has 0 aliphatic rings. The van der Waals surface area contributed by atoms with Crippen LogP contribution < -0.4 is 11.1 Å². The van der Waals surface area contributed by atoms with Crippen molar-refractivity contribution in [2.24, 2.45) is 5.73 Å². The summed E-state index contributed by atoms with van der Waals surface area (Å²) in [5, 5.41) is 6.31. The van der Waals surface area contributed by atoms with Gasteiger partial charge in [0.25, 0.3) is 0 Å². The van der Waals surface area contributed by atoms with Gasteiger partial charge in [-0.25, -0.2) is 0 Å². The van der Waals surface area contributed by atoms with Crippen LogP contribution >= 0.6 is 0 Å². The standard InChI is InChI=1S/C9H15N3O3/c1-6-3-7(15-12-6)4-11-9(13)8(10)5-14-2/h3,8H,4-5,10H2,1-2H3,(H,11,13). The zero-order valence-electron chi connectivity index (χ0n) is 8.82. The van der Waals surface area contributed by atoms with Crippen LogP contribution in [0.15, 0.2) is 10.6 Å². The lowest BCUT2D eigenvalue weighted by atomic mass is 10.3. The van der Waals surface area contributed by atoms with Crippen LogP contribution in [0.1, 0.15) is 11.5 Å². The lowest BCUT2D eigenvalue weighted by Gasteiger charge is -2.09. The van der Waals surface area contributed by atoms with Crippen molar-refractivity contribution >= 4 is 5.91 Å². The van der Waals surface area contributed by atoms with Crippen LogP contribution in [0.5, 0.6) is 0 Å². The molecular weight excluding hydrogens is 198 g/mol. The average Bonchev–Trinajstić information content (AvgIpc) is 2.61. The quantitative estimate of drug-likeness (QED) is 0.692. The van der Waals surface area contributed by atoms with E-state index >= 15 is 0 Å². The number of nitrogens with two attached hydrogens (primary N) is 1. The van der Waals surface area contributed by atoms with E-state index in [-0.39, 0.29) is 19.1 Å². The number of methoxy groups -OCH3 is 1. The number of hydrogen-bond donors (Lipinski definition) is 2. The van der Waals surface area contributed by atoms with Gasteiger partial charge in [-0.1, -0.05) is 5.16 Å². The molecule has 84 valence electrons. The summed E-state index contributed by atoms with van der Waals surface area (Å²) in [5.74, 6) is 0.330. The molecule has 1 amide bonds. The molecular formula is C9H15N3O3. The minimum atomic E-state index is -0.654. The summed E-state index contributed by atoms with van der Waals surface area (Å²) in [6.45, 7) is 2.30. The highest BCUT2D eigenvalue weighted by molar-refractivity contribution is 5.81. The minimum Gasteiger partial charge on any atom is -0.383 e. The van der Waals surface area contributed by atoms with E-state index in [2.05, 4.69) is 10.5 Å². The highest BCUT2D eigenvalue weighted by atomic mass is 16.5. The molecule has 0 fully saturated rings. The summed E-state index contributed by atoms with van der Waals surface area (Å²) in [6.07, 6.45) is 0. The van der Waals surface area contributed by atoms with Crippen LogP contribution in [0.25, 0.3) is 0 Å². The summed E-state index contributed by atoms with van der Waals surface area (Å²) in [6, 6.07) is 1.10. The number of aryl methyl sites for hydroxylation is 1. The van der Waals surface area contributed by atoms with Crippen LogP contribution in [0, 0.1) is 6.92 Å². The van der Waals surface area contributed by atoms with E-state index in [0.717, 1.165) is 5.69 Å². The van der Waals surface area contributed by atoms with Gasteiger partial charge in [-0.3, -0.25) is 4.79 Å². The van der Waals surface area contributed by atoms with Gasteiger partial charge in [-0.05, 0) is 6.92 Å². The monoisotopic (exact) mass is 213 g/mol. The number of aromatic nitrogens is 1. The van der Waals surface area contributed by atoms with Crippen molar-refractivity contribution in [1.82, 2.24) is 10.5 Å². The summed E-state index contributed by atoms with van der Waals surface area (Å²) >= 11 is 0. The molecule has 0 spiro atoms. The number of ether oxygens (including phenoxy) is 1. The second kappa shape index (κ2) is 5.47. The van der Waals surface area contributed by atoms with Crippen molar-refractivity contribution in [3.05, 3.63) is 17.5 Å². The van der Waals surface area contributed by atoms with Gasteiger partial charge in [0.1, 0.15) is 6.04 Å². The fraction of sp³-hybridized carbons (Fsp3) is 0.556. The van der Waals surface area contributed by atoms with E-state index in [1.165, 1.54) is 7.11 Å². The summed E-state index contributed by atoms with van der Waals surface area (Å²) in [7, 11) is 1.49. The number of amides is 1. The topological polar surface area (TPSA) is 90.4 Å². The predicted molar refractivity (Wildman–Crippen MR) is 52.9 cm³/mol. The Balaban J connectivity index is 2.34. The zero-order chi connectivity index (χ0) is 11.3. The molecule has 6 heteroatoms. The molecule has 1 heterocycles. The van der Waals surface area contributed by atoms with Crippen molar-refractivity contribution in [1.29, 1.82) is 0 Å². The maximum absolute atomic E-state index is 11.3. The summed E-state index contributed by atoms with van der Waals surface area (Å²) in [4.78, 5) is 11.3. The Morgan fingerprint density at radius 2 is 2.53 bits per heavy atom. The molecule has 1 rings (SSSR count). The van der Waals surface area contributed by atoms with Crippen molar-refractivity contribution in [3.8, 4) is 0 Å². The molecule has 15 heavy (non-hydrogen) atoms. The molecule has 0 aliphatic carbocycles. The molecule has 0 saturated heterocycles. The van der Waals surface area contributed by atoms with E-state index < -0.39 is 6.04 Å². The average molecular weight is 213 g/mol. The highest BCUT2D eigenvalue weighted by Gasteiger charge is 2.13. The Morgan fingerprint density at radius 3 is 3.07 bits per heavy atom. The first-order chi connectivity index (χ1) is 7.13. The smallest absolute Gasteiger partial charge is 0.239 e. The molecule has 0 aromatic carbocycles. The van der Waals surface area contributed by atoms with Gasteiger partial charge in [-0.2, -0.15) is 0 Å². The Bertz CT molecular complexity index is 324. The molecule has 0 bridgehead atoms. The first kappa shape index (κ1) is 11.7. The predicted octanol–water partition coefficient (Wildman–Crippen LogP) is -0.427. The third-order valence-electron chi connectivity index (χ3n) is 1.80. The third kappa shape index (κ3) is 3.69. The molecule has 0 aliphatic heterocycles. The number of nitrogens with one attached hydrogen (secondary N) is 1. The number of carbonyl (C=O) groups is 1. The highest BCUT2D eigenvalue weighted by Crippen LogP contribution is 2.00. The Hall–Kier alpha value is -1.40. The maximum atomic E-state index is 11.3. The molecule has 0 radical (unpaired) electrons. The van der Waals surface area contributed by atoms with Crippen LogP contribution in [0.4, 0.5) is 0 Å². The van der Waals surface area contributed by atoms with Gasteiger partial charge < -0.3 is 20.3 Å². The molecule has 1 aromatic rings. The summed E-state index contributed by atoms with van der Waals surface area (Å²) < 4.78 is 9.68. The zero-order valence-corrected chi connectivity index (χ0v) is 8.82. The van der Waals surface area contributed by atoms with Crippen molar-refractivity contribution < 1.29 is 14.1 Å². The largest absolute Gasteiger partial charge is 0.383 e. The van der Waals surface area contributed by atoms with Crippen LogP contribution in [-0.4, -0.2) is 30.8 Å². The SMILES string of the molecule is COCC(N)C(=O)NCc1cc(C)no1. The second-order valence-corrected chi connectivity index (χ2v) is 3.21. The van der Waals surface area contributed by atoms with Crippen LogP contribution in [-0.2, 0) is 16.1 Å². The van der Waals surface area contributed by atoms with Gasteiger partial charge in [0, 0.05) is 13.2 Å². The number of rotatable bonds is 5. The number of nitrogens with zero attached hydrogens (tertiary/aromatic N) is 1. The minimum absolute atomic E-state index is 0.196. The van der Waals surface area contributed by atoms with E-state index in [1.807, 2.05) is 6.92 Å². The first-order valence-electron chi connectivity index (χ1n) is 4.58. The fourth-order valence-electron chi connectivity index (χ4n) is 1.06. The number of hydrogen-bond acceptors (Lipinski definition) is 5. The molecule has 1 unspecified atom stereocenters. The lowest BCUT2D eigenvalue weighted by molar-refractivity contribution is -0.123. The first-order valence-corrected chi connectivity index (χ1v) is 4.58. The normalized spacial score (nSPS) is 12.5. The van der Waals surface area contributed by atoms with Gasteiger partial charge in [-0.15, -0.1) is 0 Å². The maximum Gasteiger partial charge on any atom is 0.239 e. The van der Waals surface area contributed by atoms with Gasteiger partial charge in [0.05, 0.1) is 18.8 Å². The van der Waals surface area contributed by atoms with Gasteiger partial charge in [0.2, 0.25) is 5.91 Å².